The zero-order chi connectivity index (χ0) is 22.0. The molecule has 1 unspecified atom stereocenters. The monoisotopic (exact) mass is 456 g/mol. The third-order valence-corrected chi connectivity index (χ3v) is 7.10. The van der Waals surface area contributed by atoms with Gasteiger partial charge in [-0.25, -0.2) is 9.97 Å². The van der Waals surface area contributed by atoms with Gasteiger partial charge in [0.05, 0.1) is 25.3 Å². The number of carbonyl (C=O) groups is 1. The van der Waals surface area contributed by atoms with Gasteiger partial charge in [0.15, 0.2) is 5.82 Å². The van der Waals surface area contributed by atoms with E-state index in [4.69, 9.17) is 21.1 Å². The number of benzene rings is 1. The zero-order valence-corrected chi connectivity index (χ0v) is 18.9. The van der Waals surface area contributed by atoms with E-state index < -0.39 is 5.54 Å². The van der Waals surface area contributed by atoms with Crippen molar-refractivity contribution in [2.75, 3.05) is 32.8 Å². The average molecular weight is 457 g/mol. The van der Waals surface area contributed by atoms with E-state index in [0.717, 1.165) is 55.6 Å². The standard InChI is InChI=1S/C24H29ClN4O3/c25-18-13-17-14-19(32-21(17)20(15-18)22-26-7-4-8-27-22)16-28-23(30)24(5-2-1-3-6-24)29-9-11-31-12-10-29/h4,7-8,13,15,19H,1-3,5-6,9-12,14,16H2,(H,28,30). The number of hydrogen-bond acceptors (Lipinski definition) is 6. The third kappa shape index (κ3) is 4.21. The highest BCUT2D eigenvalue weighted by atomic mass is 35.5. The fourth-order valence-electron chi connectivity index (χ4n) is 5.30. The van der Waals surface area contributed by atoms with Crippen molar-refractivity contribution in [2.24, 2.45) is 0 Å². The number of carbonyl (C=O) groups excluding carboxylic acids is 1. The Hall–Kier alpha value is -2.22. The smallest absolute Gasteiger partial charge is 0.240 e. The lowest BCUT2D eigenvalue weighted by Gasteiger charge is -2.46. The zero-order valence-electron chi connectivity index (χ0n) is 18.2. The first-order valence-electron chi connectivity index (χ1n) is 11.5. The molecule has 3 heterocycles. The van der Waals surface area contributed by atoms with Crippen molar-refractivity contribution in [2.45, 2.75) is 50.2 Å². The summed E-state index contributed by atoms with van der Waals surface area (Å²) in [4.78, 5) is 24.6. The summed E-state index contributed by atoms with van der Waals surface area (Å²) in [6.45, 7) is 3.49. The number of ether oxygens (including phenoxy) is 2. The Bertz CT molecular complexity index is 959. The average Bonchev–Trinajstić information content (AvgIpc) is 3.26. The van der Waals surface area contributed by atoms with E-state index in [1.54, 1.807) is 18.5 Å². The molecule has 1 aromatic carbocycles. The number of aromatic nitrogens is 2. The lowest BCUT2D eigenvalue weighted by atomic mass is 9.79. The van der Waals surface area contributed by atoms with Gasteiger partial charge in [0.2, 0.25) is 5.91 Å². The van der Waals surface area contributed by atoms with Crippen LogP contribution in [0, 0.1) is 0 Å². The van der Waals surface area contributed by atoms with Crippen LogP contribution in [0.2, 0.25) is 5.02 Å². The number of fused-ring (bicyclic) bond motifs is 1. The van der Waals surface area contributed by atoms with Crippen molar-refractivity contribution >= 4 is 17.5 Å². The molecule has 5 rings (SSSR count). The van der Waals surface area contributed by atoms with Gasteiger partial charge in [0.1, 0.15) is 17.4 Å². The number of hydrogen-bond donors (Lipinski definition) is 1. The molecule has 7 nitrogen and oxygen atoms in total. The van der Waals surface area contributed by atoms with Gasteiger partial charge in [0.25, 0.3) is 0 Å². The molecule has 170 valence electrons. The second-order valence-corrected chi connectivity index (χ2v) is 9.30. The van der Waals surface area contributed by atoms with Gasteiger partial charge in [-0.2, -0.15) is 0 Å². The number of halogens is 1. The van der Waals surface area contributed by atoms with E-state index in [1.807, 2.05) is 12.1 Å². The van der Waals surface area contributed by atoms with E-state index in [0.29, 0.717) is 37.0 Å². The van der Waals surface area contributed by atoms with E-state index in [-0.39, 0.29) is 12.0 Å². The Morgan fingerprint density at radius 1 is 1.16 bits per heavy atom. The summed E-state index contributed by atoms with van der Waals surface area (Å²) >= 11 is 6.36. The molecule has 32 heavy (non-hydrogen) atoms. The SMILES string of the molecule is O=C(NCC1Cc2cc(Cl)cc(-c3ncccn3)c2O1)C1(N2CCOCC2)CCCCC1. The predicted molar refractivity (Wildman–Crippen MR) is 122 cm³/mol. The van der Waals surface area contributed by atoms with Crippen LogP contribution in [0.3, 0.4) is 0 Å². The van der Waals surface area contributed by atoms with Gasteiger partial charge in [-0.1, -0.05) is 30.9 Å². The molecule has 1 saturated heterocycles. The van der Waals surface area contributed by atoms with Crippen LogP contribution < -0.4 is 10.1 Å². The Morgan fingerprint density at radius 2 is 1.91 bits per heavy atom. The number of nitrogens with one attached hydrogen (secondary N) is 1. The molecule has 1 atom stereocenters. The lowest BCUT2D eigenvalue weighted by Crippen LogP contribution is -2.62. The first-order valence-corrected chi connectivity index (χ1v) is 11.9. The largest absolute Gasteiger partial charge is 0.487 e. The summed E-state index contributed by atoms with van der Waals surface area (Å²) in [5, 5.41) is 3.86. The maximum Gasteiger partial charge on any atom is 0.240 e. The van der Waals surface area contributed by atoms with Crippen LogP contribution in [0.25, 0.3) is 11.4 Å². The van der Waals surface area contributed by atoms with Crippen LogP contribution in [-0.4, -0.2) is 65.3 Å². The van der Waals surface area contributed by atoms with E-state index in [2.05, 4.69) is 20.2 Å². The molecule has 0 radical (unpaired) electrons. The molecule has 3 aliphatic rings. The van der Waals surface area contributed by atoms with Gasteiger partial charge in [0, 0.05) is 42.5 Å². The number of nitrogens with zero attached hydrogens (tertiary/aromatic N) is 3. The second-order valence-electron chi connectivity index (χ2n) is 8.86. The van der Waals surface area contributed by atoms with Crippen LogP contribution in [0.15, 0.2) is 30.6 Å². The number of amides is 1. The second kappa shape index (κ2) is 9.33. The summed E-state index contributed by atoms with van der Waals surface area (Å²) in [6, 6.07) is 5.55. The highest BCUT2D eigenvalue weighted by Crippen LogP contribution is 2.40. The van der Waals surface area contributed by atoms with Crippen molar-refractivity contribution < 1.29 is 14.3 Å². The fourth-order valence-corrected chi connectivity index (χ4v) is 5.54. The molecular weight excluding hydrogens is 428 g/mol. The van der Waals surface area contributed by atoms with Gasteiger partial charge >= 0.3 is 0 Å². The maximum atomic E-state index is 13.5. The highest BCUT2D eigenvalue weighted by molar-refractivity contribution is 6.31. The van der Waals surface area contributed by atoms with Crippen molar-refractivity contribution in [3.05, 3.63) is 41.2 Å². The van der Waals surface area contributed by atoms with E-state index in [9.17, 15) is 4.79 Å². The normalized spacial score (nSPS) is 22.7. The van der Waals surface area contributed by atoms with Gasteiger partial charge in [-0.05, 0) is 31.0 Å². The quantitative estimate of drug-likeness (QED) is 0.744. The molecule has 1 N–H and O–H groups in total. The molecule has 1 saturated carbocycles. The molecule has 8 heteroatoms. The minimum absolute atomic E-state index is 0.128. The molecule has 2 aliphatic heterocycles. The van der Waals surface area contributed by atoms with Crippen molar-refractivity contribution in [1.29, 1.82) is 0 Å². The minimum Gasteiger partial charge on any atom is -0.487 e. The Kier molecular flexibility index (Phi) is 6.31. The van der Waals surface area contributed by atoms with Crippen LogP contribution in [-0.2, 0) is 16.0 Å². The van der Waals surface area contributed by atoms with Crippen LogP contribution in [0.1, 0.15) is 37.7 Å². The van der Waals surface area contributed by atoms with Gasteiger partial charge in [-0.15, -0.1) is 0 Å². The molecule has 2 fully saturated rings. The number of morpholine rings is 1. The van der Waals surface area contributed by atoms with Crippen LogP contribution >= 0.6 is 11.6 Å². The van der Waals surface area contributed by atoms with Crippen molar-refractivity contribution in [3.63, 3.8) is 0 Å². The van der Waals surface area contributed by atoms with E-state index >= 15 is 0 Å². The fraction of sp³-hybridized carbons (Fsp3) is 0.542. The molecule has 2 aromatic rings. The van der Waals surface area contributed by atoms with Gasteiger partial charge < -0.3 is 14.8 Å². The summed E-state index contributed by atoms with van der Waals surface area (Å²) in [6.07, 6.45) is 9.18. The minimum atomic E-state index is -0.417. The summed E-state index contributed by atoms with van der Waals surface area (Å²) in [5.74, 6) is 1.48. The summed E-state index contributed by atoms with van der Waals surface area (Å²) in [7, 11) is 0. The highest BCUT2D eigenvalue weighted by Gasteiger charge is 2.45. The molecule has 1 amide bonds. The molecular formula is C24H29ClN4O3. The summed E-state index contributed by atoms with van der Waals surface area (Å²) in [5.41, 5.74) is 1.40. The Labute approximate surface area is 193 Å². The molecule has 0 spiro atoms. The first-order chi connectivity index (χ1) is 15.7. The molecule has 1 aromatic heterocycles. The molecule has 1 aliphatic carbocycles. The Morgan fingerprint density at radius 3 is 2.66 bits per heavy atom. The van der Waals surface area contributed by atoms with Crippen molar-refractivity contribution in [3.8, 4) is 17.1 Å². The van der Waals surface area contributed by atoms with Gasteiger partial charge in [-0.3, -0.25) is 9.69 Å². The predicted octanol–water partition coefficient (Wildman–Crippen LogP) is 3.25. The maximum absolute atomic E-state index is 13.5. The third-order valence-electron chi connectivity index (χ3n) is 6.88. The lowest BCUT2D eigenvalue weighted by molar-refractivity contribution is -0.140. The van der Waals surface area contributed by atoms with Crippen LogP contribution in [0.4, 0.5) is 0 Å². The van der Waals surface area contributed by atoms with E-state index in [1.165, 1.54) is 6.42 Å². The summed E-state index contributed by atoms with van der Waals surface area (Å²) < 4.78 is 11.8. The van der Waals surface area contributed by atoms with Crippen molar-refractivity contribution in [1.82, 2.24) is 20.2 Å². The van der Waals surface area contributed by atoms with Crippen LogP contribution in [0.5, 0.6) is 5.75 Å². The number of rotatable bonds is 5. The first kappa shape index (κ1) is 21.6. The molecule has 0 bridgehead atoms. The Balaban J connectivity index is 1.29. The topological polar surface area (TPSA) is 76.6 Å².